The highest BCUT2D eigenvalue weighted by atomic mass is 32.2. The minimum atomic E-state index is -4.93. The number of alkyl halides is 3. The van der Waals surface area contributed by atoms with E-state index in [1.807, 2.05) is 24.4 Å². The summed E-state index contributed by atoms with van der Waals surface area (Å²) in [4.78, 5) is 67.4. The lowest BCUT2D eigenvalue weighted by Gasteiger charge is -2.35. The second-order valence-corrected chi connectivity index (χ2v) is 21.0. The van der Waals surface area contributed by atoms with Gasteiger partial charge >= 0.3 is 12.3 Å². The highest BCUT2D eigenvalue weighted by molar-refractivity contribution is 7.91. The van der Waals surface area contributed by atoms with Gasteiger partial charge in [0.15, 0.2) is 0 Å². The molecule has 0 bridgehead atoms. The predicted molar refractivity (Wildman–Crippen MR) is 227 cm³/mol. The summed E-state index contributed by atoms with van der Waals surface area (Å²) in [5, 5.41) is 9.08. The van der Waals surface area contributed by atoms with Crippen LogP contribution in [0.25, 0.3) is 21.3 Å². The summed E-state index contributed by atoms with van der Waals surface area (Å²) in [6, 6.07) is 2.52. The van der Waals surface area contributed by atoms with Crippen molar-refractivity contribution in [1.82, 2.24) is 30.2 Å². The highest BCUT2D eigenvalue weighted by Crippen LogP contribution is 2.48. The number of fused-ring (bicyclic) bond motifs is 3. The summed E-state index contributed by atoms with van der Waals surface area (Å²) >= 11 is 1.41. The maximum atomic E-state index is 15.0. The predicted octanol–water partition coefficient (Wildman–Crippen LogP) is 6.43. The molecular weight excluding hydrogens is 866 g/mol. The van der Waals surface area contributed by atoms with Crippen LogP contribution < -0.4 is 24.8 Å². The number of carbonyl (C=O) groups is 4. The number of aromatic nitrogens is 2. The molecule has 3 N–H and O–H groups in total. The molecule has 0 unspecified atom stereocenters. The molecule has 1 saturated heterocycles. The Morgan fingerprint density at radius 2 is 1.86 bits per heavy atom. The summed E-state index contributed by atoms with van der Waals surface area (Å²) in [7, 11) is -2.56. The number of carbonyl (C=O) groups excluding carboxylic acids is 4. The summed E-state index contributed by atoms with van der Waals surface area (Å²) < 4.78 is 86.2. The molecule has 2 aliphatic carbocycles. The molecule has 3 fully saturated rings. The number of nitrogens with zero attached hydrogens (tertiary/aromatic N) is 3. The first kappa shape index (κ1) is 46.0. The Morgan fingerprint density at radius 1 is 1.11 bits per heavy atom. The van der Waals surface area contributed by atoms with E-state index >= 15 is 4.79 Å². The topological polar surface area (TPSA) is 195 Å². The van der Waals surface area contributed by atoms with Crippen molar-refractivity contribution in [2.45, 2.75) is 126 Å². The lowest BCUT2D eigenvalue weighted by Crippen LogP contribution is -2.60. The molecule has 63 heavy (non-hydrogen) atoms. The fourth-order valence-electron chi connectivity index (χ4n) is 8.36. The van der Waals surface area contributed by atoms with Crippen LogP contribution in [-0.4, -0.2) is 101 Å². The van der Waals surface area contributed by atoms with Gasteiger partial charge < -0.3 is 29.7 Å². The third-order valence-electron chi connectivity index (χ3n) is 12.9. The van der Waals surface area contributed by atoms with Crippen molar-refractivity contribution in [3.63, 3.8) is 0 Å². The molecule has 20 heteroatoms. The third-order valence-corrected chi connectivity index (χ3v) is 15.9. The van der Waals surface area contributed by atoms with Crippen LogP contribution in [0, 0.1) is 17.8 Å². The van der Waals surface area contributed by atoms with Crippen molar-refractivity contribution in [3.8, 4) is 22.2 Å². The molecule has 3 aromatic rings. The fourth-order valence-corrected chi connectivity index (χ4v) is 10.3. The number of halogens is 3. The molecule has 7 rings (SSSR count). The number of rotatable bonds is 10. The van der Waals surface area contributed by atoms with E-state index in [4.69, 9.17) is 14.2 Å². The zero-order valence-electron chi connectivity index (χ0n) is 35.9. The van der Waals surface area contributed by atoms with Crippen LogP contribution >= 0.6 is 11.3 Å². The Balaban J connectivity index is 1.26. The fraction of sp³-hybridized carbons (Fsp3) is 0.581. The monoisotopic (exact) mass is 918 g/mol. The number of benzene rings is 1. The Kier molecular flexibility index (Phi) is 12.6. The molecular formula is C43H53F3N6O9S2. The van der Waals surface area contributed by atoms with E-state index in [0.717, 1.165) is 0 Å². The smallest absolute Gasteiger partial charge is 0.427 e. The largest absolute Gasteiger partial charge is 0.497 e. The van der Waals surface area contributed by atoms with E-state index < -0.39 is 85.9 Å². The standard InChI is InChI=1S/C43H53F3N6O9S2/c1-7-25-18-24(2)10-8-9-11-26-21-42(26,38(55)51-63(57,58)41(5)14-15-41)50-34(53)32-20-28(23-52(32)37(54)33(25)49-39(56)61-40(3,4)43(44,45)46)60-35-29-13-12-27(59-6)19-30(29)31(22-48-35)36-47-16-17-62-36/h9,11-13,16-17,19,22,24-26,28,32-33H,7-8,10,14-15,18,20-21,23H2,1-6H3,(H,49,56)(H,50,53)(H,51,55)/b11-9-/t24-,25-,26-,28-,32+,33+,42-/m1/s1. The molecule has 2 aliphatic heterocycles. The normalized spacial score (nSPS) is 28.0. The van der Waals surface area contributed by atoms with E-state index in [1.165, 1.54) is 30.3 Å². The average Bonchev–Trinajstić information content (AvgIpc) is 3.98. The van der Waals surface area contributed by atoms with E-state index in [1.54, 1.807) is 37.5 Å². The third kappa shape index (κ3) is 9.33. The lowest BCUT2D eigenvalue weighted by atomic mass is 9.85. The summed E-state index contributed by atoms with van der Waals surface area (Å²) in [6.07, 6.45) is 2.20. The van der Waals surface area contributed by atoms with Gasteiger partial charge in [-0.15, -0.1) is 11.3 Å². The number of alkyl carbamates (subject to hydrolysis) is 1. The van der Waals surface area contributed by atoms with Gasteiger partial charge in [0.1, 0.15) is 34.5 Å². The van der Waals surface area contributed by atoms with Gasteiger partial charge in [0.05, 0.1) is 18.4 Å². The van der Waals surface area contributed by atoms with Crippen molar-refractivity contribution in [2.24, 2.45) is 17.8 Å². The van der Waals surface area contributed by atoms with Crippen LogP contribution in [0.15, 0.2) is 48.1 Å². The second-order valence-electron chi connectivity index (χ2n) is 17.9. The summed E-state index contributed by atoms with van der Waals surface area (Å²) in [6.45, 7) is 6.47. The molecule has 2 saturated carbocycles. The maximum Gasteiger partial charge on any atom is 0.427 e. The van der Waals surface area contributed by atoms with E-state index in [-0.39, 0.29) is 31.2 Å². The molecule has 2 aromatic heterocycles. The van der Waals surface area contributed by atoms with Crippen LogP contribution in [0.3, 0.4) is 0 Å². The number of pyridine rings is 1. The van der Waals surface area contributed by atoms with Crippen molar-refractivity contribution < 1.29 is 55.0 Å². The first-order chi connectivity index (χ1) is 29.6. The number of hydrogen-bond acceptors (Lipinski definition) is 12. The van der Waals surface area contributed by atoms with Crippen LogP contribution in [0.2, 0.25) is 0 Å². The number of allylic oxidation sites excluding steroid dienone is 1. The van der Waals surface area contributed by atoms with Crippen molar-refractivity contribution in [1.29, 1.82) is 0 Å². The number of nitrogens with one attached hydrogen (secondary N) is 3. The minimum absolute atomic E-state index is 0.0447. The first-order valence-electron chi connectivity index (χ1n) is 21.1. The Labute approximate surface area is 368 Å². The number of ether oxygens (including phenoxy) is 3. The second kappa shape index (κ2) is 17.2. The minimum Gasteiger partial charge on any atom is -0.497 e. The van der Waals surface area contributed by atoms with Crippen molar-refractivity contribution >= 4 is 55.9 Å². The zero-order valence-corrected chi connectivity index (χ0v) is 37.5. The van der Waals surface area contributed by atoms with E-state index in [9.17, 15) is 36.0 Å². The number of thiazole rings is 1. The van der Waals surface area contributed by atoms with Crippen LogP contribution in [0.4, 0.5) is 18.0 Å². The summed E-state index contributed by atoms with van der Waals surface area (Å²) in [5.41, 5.74) is -3.85. The Hall–Kier alpha value is -4.98. The first-order valence-corrected chi connectivity index (χ1v) is 23.4. The molecule has 7 atom stereocenters. The van der Waals surface area contributed by atoms with Crippen LogP contribution in [0.1, 0.15) is 86.0 Å². The molecule has 4 heterocycles. The van der Waals surface area contributed by atoms with E-state index in [0.29, 0.717) is 79.5 Å². The molecule has 4 amide bonds. The van der Waals surface area contributed by atoms with Gasteiger partial charge in [0, 0.05) is 46.4 Å². The highest BCUT2D eigenvalue weighted by Gasteiger charge is 2.63. The van der Waals surface area contributed by atoms with Crippen LogP contribution in [0.5, 0.6) is 11.6 Å². The quantitative estimate of drug-likeness (QED) is 0.190. The number of hydrogen-bond donors (Lipinski definition) is 3. The number of amides is 4. The lowest BCUT2D eigenvalue weighted by molar-refractivity contribution is -0.244. The molecule has 4 aliphatic rings. The summed E-state index contributed by atoms with van der Waals surface area (Å²) in [5.74, 6) is -2.93. The SMILES string of the molecule is CC[C@@H]1C[C@H](C)CC/C=C\[C@@H]2C[C@@]2(C(=O)NS(=O)(=O)C2(C)CC2)NC(=O)[C@@H]2C[C@@H](Oc3ncc(-c4nccs4)c4cc(OC)ccc34)CN2C(=O)[C@H]1NC(=O)OC(C)(C)C(F)(F)F. The molecule has 0 spiro atoms. The molecule has 1 aromatic carbocycles. The van der Waals surface area contributed by atoms with Gasteiger partial charge in [-0.3, -0.25) is 19.1 Å². The molecule has 0 radical (unpaired) electrons. The van der Waals surface area contributed by atoms with E-state index in [2.05, 4.69) is 25.3 Å². The molecule has 15 nitrogen and oxygen atoms in total. The van der Waals surface area contributed by atoms with Gasteiger partial charge in [0.2, 0.25) is 33.3 Å². The Bertz CT molecular complexity index is 2390. The number of methoxy groups -OCH3 is 1. The van der Waals surface area contributed by atoms with Gasteiger partial charge in [-0.25, -0.2) is 23.2 Å². The maximum absolute atomic E-state index is 15.0. The van der Waals surface area contributed by atoms with Gasteiger partial charge in [-0.05, 0) is 89.3 Å². The average molecular weight is 919 g/mol. The van der Waals surface area contributed by atoms with Gasteiger partial charge in [-0.2, -0.15) is 13.2 Å². The van der Waals surface area contributed by atoms with Gasteiger partial charge in [0.25, 0.3) is 5.91 Å². The molecule has 342 valence electrons. The van der Waals surface area contributed by atoms with Gasteiger partial charge in [-0.1, -0.05) is 32.4 Å². The zero-order chi connectivity index (χ0) is 45.7. The van der Waals surface area contributed by atoms with Crippen LogP contribution in [-0.2, 0) is 29.1 Å². The van der Waals surface area contributed by atoms with Crippen molar-refractivity contribution in [3.05, 3.63) is 48.1 Å². The Morgan fingerprint density at radius 3 is 2.51 bits per heavy atom. The number of sulfonamides is 1. The van der Waals surface area contributed by atoms with Crippen molar-refractivity contribution in [2.75, 3.05) is 13.7 Å².